The molecule has 1 aliphatic heterocycles. The number of rotatable bonds is 11. The first-order valence-electron chi connectivity index (χ1n) is 9.83. The lowest BCUT2D eigenvalue weighted by molar-refractivity contribution is -0.0871. The molecule has 1 aromatic carbocycles. The molecule has 162 valence electrons. The molecule has 29 heavy (non-hydrogen) atoms. The van der Waals surface area contributed by atoms with Crippen molar-refractivity contribution in [2.24, 2.45) is 4.99 Å². The molecule has 0 fully saturated rings. The van der Waals surface area contributed by atoms with Gasteiger partial charge in [-0.15, -0.1) is 0 Å². The van der Waals surface area contributed by atoms with Crippen LogP contribution >= 0.6 is 30.6 Å². The van der Waals surface area contributed by atoms with Gasteiger partial charge in [0.05, 0.1) is 15.6 Å². The van der Waals surface area contributed by atoms with E-state index in [1.54, 1.807) is 26.1 Å². The Morgan fingerprint density at radius 3 is 2.38 bits per heavy atom. The molecule has 0 bridgehead atoms. The van der Waals surface area contributed by atoms with Crippen molar-refractivity contribution in [3.05, 3.63) is 46.0 Å². The highest BCUT2D eigenvalue weighted by Gasteiger charge is 2.45. The summed E-state index contributed by atoms with van der Waals surface area (Å²) in [6, 6.07) is 4.52. The Hall–Kier alpha value is -0.680. The molecule has 0 radical (unpaired) electrons. The molecule has 1 N–H and O–H groups in total. The molecule has 1 aliphatic rings. The van der Waals surface area contributed by atoms with E-state index < -0.39 is 24.4 Å². The average molecular weight is 462 g/mol. The number of benzene rings is 1. The average Bonchev–Trinajstić information content (AvgIpc) is 3.14. The summed E-state index contributed by atoms with van der Waals surface area (Å²) in [6.07, 6.45) is 6.95. The number of hydrogen-bond acceptors (Lipinski definition) is 4. The first kappa shape index (κ1) is 24.6. The van der Waals surface area contributed by atoms with Crippen molar-refractivity contribution in [3.8, 4) is 0 Å². The van der Waals surface area contributed by atoms with Gasteiger partial charge in [-0.2, -0.15) is 0 Å². The monoisotopic (exact) mass is 461 g/mol. The molecule has 0 saturated heterocycles. The lowest BCUT2D eigenvalue weighted by Crippen LogP contribution is -2.44. The molecule has 0 aliphatic carbocycles. The van der Waals surface area contributed by atoms with E-state index in [1.165, 1.54) is 0 Å². The van der Waals surface area contributed by atoms with Crippen LogP contribution in [-0.2, 0) is 19.5 Å². The molecule has 2 atom stereocenters. The van der Waals surface area contributed by atoms with Crippen LogP contribution in [0.4, 0.5) is 0 Å². The number of halogens is 2. The van der Waals surface area contributed by atoms with Gasteiger partial charge in [-0.3, -0.25) is 9.56 Å². The lowest BCUT2D eigenvalue weighted by Gasteiger charge is -2.42. The minimum absolute atomic E-state index is 0.0975. The normalized spacial score (nSPS) is 21.1. The molecular weight excluding hydrogens is 432 g/mol. The molecule has 0 amide bonds. The fraction of sp³-hybridized carbons (Fsp3) is 0.571. The van der Waals surface area contributed by atoms with Crippen LogP contribution in [0.5, 0.6) is 0 Å². The second-order valence-corrected chi connectivity index (χ2v) is 10.8. The summed E-state index contributed by atoms with van der Waals surface area (Å²) in [5.74, 6) is 0. The number of aliphatic imine (C=N–C) groups is 1. The smallest absolute Gasteiger partial charge is 0.255 e. The quantitative estimate of drug-likeness (QED) is 0.321. The maximum atomic E-state index is 12.8. The maximum Gasteiger partial charge on any atom is 0.255 e. The van der Waals surface area contributed by atoms with Gasteiger partial charge in [0.2, 0.25) is 6.03 Å². The van der Waals surface area contributed by atoms with Crippen LogP contribution in [0.2, 0.25) is 10.0 Å². The second kappa shape index (κ2) is 10.1. The van der Waals surface area contributed by atoms with Crippen LogP contribution in [-0.4, -0.2) is 42.1 Å². The number of ether oxygens (including phenoxy) is 2. The molecule has 2 unspecified atom stereocenters. The molecule has 0 saturated carbocycles. The van der Waals surface area contributed by atoms with Crippen molar-refractivity contribution < 1.29 is 18.9 Å². The van der Waals surface area contributed by atoms with Gasteiger partial charge < -0.3 is 14.4 Å². The summed E-state index contributed by atoms with van der Waals surface area (Å²) in [6.45, 7) is 8.38. The maximum absolute atomic E-state index is 12.8. The van der Waals surface area contributed by atoms with Crippen LogP contribution in [0, 0.1) is 0 Å². The van der Waals surface area contributed by atoms with E-state index >= 15 is 0 Å². The van der Waals surface area contributed by atoms with E-state index in [-0.39, 0.29) is 6.16 Å². The van der Waals surface area contributed by atoms with Crippen LogP contribution in [0.25, 0.3) is 0 Å². The van der Waals surface area contributed by atoms with Gasteiger partial charge in [0, 0.05) is 31.0 Å². The van der Waals surface area contributed by atoms with Crippen LogP contribution in [0.3, 0.4) is 0 Å². The van der Waals surface area contributed by atoms with Gasteiger partial charge in [-0.25, -0.2) is 0 Å². The summed E-state index contributed by atoms with van der Waals surface area (Å²) in [7, 11) is -3.62. The zero-order valence-corrected chi connectivity index (χ0v) is 19.8. The van der Waals surface area contributed by atoms with Crippen molar-refractivity contribution in [1.29, 1.82) is 0 Å². The van der Waals surface area contributed by atoms with E-state index in [0.717, 1.165) is 5.56 Å². The Labute approximate surface area is 183 Å². The van der Waals surface area contributed by atoms with Crippen molar-refractivity contribution in [1.82, 2.24) is 0 Å². The fourth-order valence-corrected chi connectivity index (χ4v) is 5.52. The minimum atomic E-state index is -3.62. The first-order chi connectivity index (χ1) is 13.6. The van der Waals surface area contributed by atoms with Gasteiger partial charge in [0.15, 0.2) is 0 Å². The number of nitrogens with zero attached hydrogens (tertiary/aromatic N) is 1. The summed E-state index contributed by atoms with van der Waals surface area (Å²) >= 11 is 12.3. The first-order valence-corrected chi connectivity index (χ1v) is 12.5. The topological polar surface area (TPSA) is 68.1 Å². The Balaban J connectivity index is 2.19. The number of hydrogen-bond donors (Lipinski definition) is 1. The highest BCUT2D eigenvalue weighted by molar-refractivity contribution is 7.58. The van der Waals surface area contributed by atoms with Gasteiger partial charge in [0.1, 0.15) is 0 Å². The van der Waals surface area contributed by atoms with E-state index in [4.69, 9.17) is 37.7 Å². The Morgan fingerprint density at radius 1 is 1.21 bits per heavy atom. The molecule has 5 nitrogen and oxygen atoms in total. The fourth-order valence-electron chi connectivity index (χ4n) is 3.63. The van der Waals surface area contributed by atoms with Gasteiger partial charge in [0.25, 0.3) is 7.37 Å². The van der Waals surface area contributed by atoms with Gasteiger partial charge >= 0.3 is 0 Å². The molecule has 1 heterocycles. The zero-order valence-electron chi connectivity index (χ0n) is 17.4. The van der Waals surface area contributed by atoms with Gasteiger partial charge in [-0.05, 0) is 50.5 Å². The van der Waals surface area contributed by atoms with E-state index in [9.17, 15) is 9.46 Å². The van der Waals surface area contributed by atoms with Crippen molar-refractivity contribution in [3.63, 3.8) is 0 Å². The summed E-state index contributed by atoms with van der Waals surface area (Å²) in [5.41, 5.74) is 0.0598. The molecular formula is C21H30Cl2NO4P. The minimum Gasteiger partial charge on any atom is -0.345 e. The predicted octanol–water partition coefficient (Wildman–Crippen LogP) is 6.06. The Bertz CT molecular complexity index is 792. The zero-order chi connectivity index (χ0) is 21.7. The molecule has 1 aromatic rings. The van der Waals surface area contributed by atoms with E-state index in [2.05, 4.69) is 19.9 Å². The van der Waals surface area contributed by atoms with E-state index in [0.29, 0.717) is 36.1 Å². The molecule has 8 heteroatoms. The Morgan fingerprint density at radius 2 is 1.86 bits per heavy atom. The van der Waals surface area contributed by atoms with Crippen molar-refractivity contribution >= 4 is 36.8 Å². The Kier molecular flexibility index (Phi) is 8.55. The SMILES string of the molecule is CCOC(OCC)P(=O)(O)CCCC1(C(C)(C)c2ccc(Cl)c(Cl)c2)C=CC=N1. The highest BCUT2D eigenvalue weighted by Crippen LogP contribution is 2.50. The van der Waals surface area contributed by atoms with E-state index in [1.807, 2.05) is 18.2 Å². The number of allylic oxidation sites excluding steroid dienone is 1. The van der Waals surface area contributed by atoms with Crippen LogP contribution < -0.4 is 0 Å². The predicted molar refractivity (Wildman–Crippen MR) is 121 cm³/mol. The summed E-state index contributed by atoms with van der Waals surface area (Å²) in [5, 5.41) is 0.999. The highest BCUT2D eigenvalue weighted by atomic mass is 35.5. The summed E-state index contributed by atoms with van der Waals surface area (Å²) < 4.78 is 23.5. The van der Waals surface area contributed by atoms with Crippen molar-refractivity contribution in [2.45, 2.75) is 57.5 Å². The van der Waals surface area contributed by atoms with Crippen molar-refractivity contribution in [2.75, 3.05) is 19.4 Å². The standard InChI is InChI=1S/C21H30Cl2NO4P/c1-5-27-19(28-6-2)29(25,26)14-8-12-21(11-7-13-24-21)20(3,4)16-9-10-17(22)18(23)15-16/h7,9-11,13,15,19H,5-6,8,12,14H2,1-4H3,(H,25,26). The van der Waals surface area contributed by atoms with Gasteiger partial charge in [-0.1, -0.05) is 49.2 Å². The largest absolute Gasteiger partial charge is 0.345 e. The van der Waals surface area contributed by atoms with Crippen LogP contribution in [0.15, 0.2) is 35.3 Å². The molecule has 2 rings (SSSR count). The third-order valence-corrected chi connectivity index (χ3v) is 8.12. The lowest BCUT2D eigenvalue weighted by atomic mass is 9.66. The third kappa shape index (κ3) is 5.52. The molecule has 0 spiro atoms. The third-order valence-electron chi connectivity index (χ3n) is 5.47. The second-order valence-electron chi connectivity index (χ2n) is 7.62. The van der Waals surface area contributed by atoms with Crippen LogP contribution in [0.1, 0.15) is 46.1 Å². The summed E-state index contributed by atoms with van der Waals surface area (Å²) in [4.78, 5) is 15.3. The molecule has 0 aromatic heterocycles.